The molecule has 3 nitrogen and oxygen atoms in total. The first-order valence-corrected chi connectivity index (χ1v) is 11.9. The van der Waals surface area contributed by atoms with E-state index in [9.17, 15) is 9.90 Å². The SMILES string of the molecule is CC(C)[Si](OC(=O)C/C=C/C(O)C1CCCCC1)(C(C)C)C(C)C. The third kappa shape index (κ3) is 5.45. The van der Waals surface area contributed by atoms with E-state index in [-0.39, 0.29) is 12.4 Å². The van der Waals surface area contributed by atoms with Gasteiger partial charge in [0.15, 0.2) is 0 Å². The van der Waals surface area contributed by atoms with Crippen molar-refractivity contribution in [2.45, 2.75) is 103 Å². The molecule has 0 bridgehead atoms. The van der Waals surface area contributed by atoms with Crippen molar-refractivity contribution in [3.05, 3.63) is 12.2 Å². The summed E-state index contributed by atoms with van der Waals surface area (Å²) in [7, 11) is -2.15. The Bertz CT molecular complexity index is 387. The molecule has 1 N–H and O–H groups in total. The van der Waals surface area contributed by atoms with E-state index in [0.717, 1.165) is 12.8 Å². The van der Waals surface area contributed by atoms with Crippen LogP contribution in [0.25, 0.3) is 0 Å². The van der Waals surface area contributed by atoms with Crippen LogP contribution in [0.4, 0.5) is 0 Å². The Kier molecular flexibility index (Phi) is 8.72. The Labute approximate surface area is 150 Å². The zero-order chi connectivity index (χ0) is 18.3. The first-order chi connectivity index (χ1) is 11.2. The van der Waals surface area contributed by atoms with Gasteiger partial charge in [0.25, 0.3) is 14.3 Å². The summed E-state index contributed by atoms with van der Waals surface area (Å²) < 4.78 is 6.12. The molecule has 0 heterocycles. The van der Waals surface area contributed by atoms with Crippen molar-refractivity contribution in [1.29, 1.82) is 0 Å². The summed E-state index contributed by atoms with van der Waals surface area (Å²) in [6.07, 6.45) is 9.37. The normalized spacial score (nSPS) is 18.8. The summed E-state index contributed by atoms with van der Waals surface area (Å²) in [5.41, 5.74) is 1.20. The summed E-state index contributed by atoms with van der Waals surface area (Å²) in [5, 5.41) is 10.3. The van der Waals surface area contributed by atoms with Gasteiger partial charge in [-0.15, -0.1) is 0 Å². The van der Waals surface area contributed by atoms with E-state index in [1.807, 2.05) is 6.08 Å². The lowest BCUT2D eigenvalue weighted by Gasteiger charge is -2.41. The summed E-state index contributed by atoms with van der Waals surface area (Å²) in [6, 6.07) is 0. The van der Waals surface area contributed by atoms with Gasteiger partial charge in [-0.05, 0) is 35.4 Å². The van der Waals surface area contributed by atoms with Gasteiger partial charge < -0.3 is 9.53 Å². The van der Waals surface area contributed by atoms with Gasteiger partial charge >= 0.3 is 0 Å². The lowest BCUT2D eigenvalue weighted by molar-refractivity contribution is -0.134. The largest absolute Gasteiger partial charge is 0.518 e. The molecule has 0 spiro atoms. The fourth-order valence-electron chi connectivity index (χ4n) is 4.53. The molecule has 0 amide bonds. The van der Waals surface area contributed by atoms with Crippen LogP contribution in [0.15, 0.2) is 12.2 Å². The van der Waals surface area contributed by atoms with Crippen molar-refractivity contribution in [2.24, 2.45) is 5.92 Å². The summed E-state index contributed by atoms with van der Waals surface area (Å²) in [5.74, 6) is 0.228. The van der Waals surface area contributed by atoms with Crippen LogP contribution in [0.1, 0.15) is 80.1 Å². The van der Waals surface area contributed by atoms with Crippen molar-refractivity contribution in [1.82, 2.24) is 0 Å². The topological polar surface area (TPSA) is 46.5 Å². The fourth-order valence-corrected chi connectivity index (χ4v) is 9.71. The highest BCUT2D eigenvalue weighted by atomic mass is 28.4. The van der Waals surface area contributed by atoms with Gasteiger partial charge in [-0.3, -0.25) is 4.79 Å². The van der Waals surface area contributed by atoms with Gasteiger partial charge in [0.1, 0.15) is 0 Å². The van der Waals surface area contributed by atoms with Crippen molar-refractivity contribution in [3.8, 4) is 0 Å². The van der Waals surface area contributed by atoms with Gasteiger partial charge in [-0.25, -0.2) is 0 Å². The quantitative estimate of drug-likeness (QED) is 0.456. The highest BCUT2D eigenvalue weighted by Crippen LogP contribution is 2.42. The molecular weight excluding hydrogens is 316 g/mol. The van der Waals surface area contributed by atoms with Crippen LogP contribution in [0.3, 0.4) is 0 Å². The number of hydrogen-bond acceptors (Lipinski definition) is 3. The molecule has 1 atom stereocenters. The monoisotopic (exact) mass is 354 g/mol. The average Bonchev–Trinajstić information content (AvgIpc) is 2.52. The summed E-state index contributed by atoms with van der Waals surface area (Å²) in [4.78, 5) is 12.4. The molecule has 1 rings (SSSR count). The molecule has 4 heteroatoms. The van der Waals surface area contributed by atoms with Gasteiger partial charge in [-0.1, -0.05) is 73.0 Å². The van der Waals surface area contributed by atoms with E-state index in [0.29, 0.717) is 22.5 Å². The van der Waals surface area contributed by atoms with Gasteiger partial charge in [0, 0.05) is 0 Å². The van der Waals surface area contributed by atoms with Crippen molar-refractivity contribution >= 4 is 14.3 Å². The van der Waals surface area contributed by atoms with E-state index < -0.39 is 14.4 Å². The molecule has 24 heavy (non-hydrogen) atoms. The number of hydrogen-bond donors (Lipinski definition) is 1. The van der Waals surface area contributed by atoms with Gasteiger partial charge in [0.05, 0.1) is 12.5 Å². The first-order valence-electron chi connectivity index (χ1n) is 9.78. The van der Waals surface area contributed by atoms with Crippen molar-refractivity contribution < 1.29 is 14.3 Å². The number of rotatable bonds is 8. The maximum atomic E-state index is 12.4. The van der Waals surface area contributed by atoms with Crippen LogP contribution >= 0.6 is 0 Å². The number of carbonyl (C=O) groups is 1. The minimum atomic E-state index is -2.15. The lowest BCUT2D eigenvalue weighted by Crippen LogP contribution is -2.49. The number of carbonyl (C=O) groups excluding carboxylic acids is 1. The smallest absolute Gasteiger partial charge is 0.296 e. The predicted octanol–water partition coefficient (Wildman–Crippen LogP) is 5.59. The average molecular weight is 355 g/mol. The van der Waals surface area contributed by atoms with Crippen molar-refractivity contribution in [2.75, 3.05) is 0 Å². The minimum absolute atomic E-state index is 0.134. The molecule has 0 radical (unpaired) electrons. The van der Waals surface area contributed by atoms with Crippen LogP contribution in [0.5, 0.6) is 0 Å². The van der Waals surface area contributed by atoms with Gasteiger partial charge in [-0.2, -0.15) is 0 Å². The zero-order valence-corrected chi connectivity index (χ0v) is 17.5. The van der Waals surface area contributed by atoms with E-state index in [4.69, 9.17) is 4.43 Å². The highest BCUT2D eigenvalue weighted by molar-refractivity contribution is 6.78. The Morgan fingerprint density at radius 2 is 1.54 bits per heavy atom. The molecule has 0 aliphatic heterocycles. The second-order valence-electron chi connectivity index (χ2n) is 8.31. The van der Waals surface area contributed by atoms with Gasteiger partial charge in [0.2, 0.25) is 0 Å². The Morgan fingerprint density at radius 1 is 1.04 bits per heavy atom. The highest BCUT2D eigenvalue weighted by Gasteiger charge is 2.47. The first kappa shape index (κ1) is 21.4. The fraction of sp³-hybridized carbons (Fsp3) is 0.850. The van der Waals surface area contributed by atoms with Crippen LogP contribution in [-0.2, 0) is 9.22 Å². The molecule has 0 saturated heterocycles. The molecule has 140 valence electrons. The van der Waals surface area contributed by atoms with E-state index in [1.165, 1.54) is 19.3 Å². The number of aliphatic hydroxyl groups excluding tert-OH is 1. The molecule has 1 aliphatic rings. The van der Waals surface area contributed by atoms with E-state index in [2.05, 4.69) is 41.5 Å². The molecule has 1 fully saturated rings. The Balaban J connectivity index is 2.61. The minimum Gasteiger partial charge on any atom is -0.518 e. The third-order valence-electron chi connectivity index (χ3n) is 5.75. The van der Waals surface area contributed by atoms with Crippen LogP contribution in [0.2, 0.25) is 16.6 Å². The van der Waals surface area contributed by atoms with Crippen LogP contribution < -0.4 is 0 Å². The molecule has 0 aromatic rings. The second-order valence-corrected chi connectivity index (χ2v) is 13.7. The third-order valence-corrected chi connectivity index (χ3v) is 11.7. The molecule has 1 saturated carbocycles. The summed E-state index contributed by atoms with van der Waals surface area (Å²) >= 11 is 0. The summed E-state index contributed by atoms with van der Waals surface area (Å²) in [6.45, 7) is 13.1. The maximum absolute atomic E-state index is 12.4. The van der Waals surface area contributed by atoms with E-state index >= 15 is 0 Å². The molecule has 1 aliphatic carbocycles. The Hall–Kier alpha value is -0.613. The lowest BCUT2D eigenvalue weighted by atomic mass is 9.85. The second kappa shape index (κ2) is 9.76. The molecule has 0 aromatic carbocycles. The predicted molar refractivity (Wildman–Crippen MR) is 103 cm³/mol. The Morgan fingerprint density at radius 3 is 2.00 bits per heavy atom. The van der Waals surface area contributed by atoms with Crippen LogP contribution in [-0.4, -0.2) is 25.5 Å². The van der Waals surface area contributed by atoms with E-state index in [1.54, 1.807) is 6.08 Å². The standard InChI is InChI=1S/C20H38O3Si/c1-15(2)24(16(3)4,17(5)6)23-20(22)14-10-13-19(21)18-11-8-7-9-12-18/h10,13,15-19,21H,7-9,11-12,14H2,1-6H3/b13-10+. The molecule has 0 aromatic heterocycles. The maximum Gasteiger partial charge on any atom is 0.296 e. The van der Waals surface area contributed by atoms with Crippen molar-refractivity contribution in [3.63, 3.8) is 0 Å². The zero-order valence-electron chi connectivity index (χ0n) is 16.5. The molecular formula is C20H38O3Si. The van der Waals surface area contributed by atoms with Crippen LogP contribution in [0, 0.1) is 5.92 Å². The number of aliphatic hydroxyl groups is 1. The molecule has 1 unspecified atom stereocenters.